The van der Waals surface area contributed by atoms with Crippen LogP contribution in [-0.2, 0) is 11.3 Å². The molecule has 0 saturated heterocycles. The van der Waals surface area contributed by atoms with Gasteiger partial charge in [-0.3, -0.25) is 4.98 Å². The Labute approximate surface area is 186 Å². The number of carbonyl (C=O) groups is 1. The van der Waals surface area contributed by atoms with E-state index >= 15 is 0 Å². The molecule has 1 aromatic carbocycles. The molecule has 0 radical (unpaired) electrons. The second-order valence-corrected chi connectivity index (χ2v) is 8.26. The molecule has 1 aliphatic carbocycles. The fraction of sp³-hybridized carbons (Fsp3) is 0.417. The summed E-state index contributed by atoms with van der Waals surface area (Å²) in [6, 6.07) is 4.83. The predicted molar refractivity (Wildman–Crippen MR) is 119 cm³/mol. The second kappa shape index (κ2) is 10.9. The Kier molecular flexibility index (Phi) is 8.83. The normalized spacial score (nSPS) is 14.8. The topological polar surface area (TPSA) is 42.0 Å². The zero-order valence-corrected chi connectivity index (χ0v) is 18.9. The molecule has 1 N–H and O–H groups in total. The highest BCUT2D eigenvalue weighted by molar-refractivity contribution is 6.32. The van der Waals surface area contributed by atoms with Gasteiger partial charge in [-0.1, -0.05) is 35.9 Å². The first-order chi connectivity index (χ1) is 14.6. The van der Waals surface area contributed by atoms with Gasteiger partial charge < -0.3 is 10.1 Å². The van der Waals surface area contributed by atoms with Gasteiger partial charge in [0.25, 0.3) is 0 Å². The average Bonchev–Trinajstić information content (AvgIpc) is 3.52. The standard InChI is InChI=1S/C20H22ClF3N2.C4H6O/c1-12-7-15(10-26-18(12)11-25-4)5-6-17(20(22,23)24)16-8-13(2)19(21)14(3)9-16;5-3-4-1-2-4/h5-10,17,25H,11H2,1-4H3;3-4H,1-2H2/b6-5+;. The van der Waals surface area contributed by atoms with Crippen LogP contribution in [-0.4, -0.2) is 24.5 Å². The summed E-state index contributed by atoms with van der Waals surface area (Å²) in [4.78, 5) is 13.9. The number of allylic oxidation sites excluding steroid dienone is 1. The molecule has 1 fully saturated rings. The van der Waals surface area contributed by atoms with E-state index in [0.717, 1.165) is 30.4 Å². The van der Waals surface area contributed by atoms with Gasteiger partial charge in [0.1, 0.15) is 6.29 Å². The number of hydrogen-bond donors (Lipinski definition) is 1. The molecule has 2 aromatic rings. The first-order valence-electron chi connectivity index (χ1n) is 10.1. The molecule has 1 aromatic heterocycles. The van der Waals surface area contributed by atoms with E-state index in [2.05, 4.69) is 10.3 Å². The smallest absolute Gasteiger partial charge is 0.314 e. The largest absolute Gasteiger partial charge is 0.399 e. The van der Waals surface area contributed by atoms with Crippen LogP contribution in [0.3, 0.4) is 0 Å². The Bertz CT molecular complexity index is 914. The number of pyridine rings is 1. The summed E-state index contributed by atoms with van der Waals surface area (Å²) in [5.41, 5.74) is 3.91. The van der Waals surface area contributed by atoms with Gasteiger partial charge in [-0.15, -0.1) is 0 Å². The first-order valence-corrected chi connectivity index (χ1v) is 10.5. The molecule has 168 valence electrons. The summed E-state index contributed by atoms with van der Waals surface area (Å²) in [6.45, 7) is 5.93. The lowest BCUT2D eigenvalue weighted by Crippen LogP contribution is -2.19. The van der Waals surface area contributed by atoms with E-state index < -0.39 is 12.1 Å². The fourth-order valence-electron chi connectivity index (χ4n) is 3.08. The van der Waals surface area contributed by atoms with Crippen molar-refractivity contribution in [1.82, 2.24) is 10.3 Å². The van der Waals surface area contributed by atoms with Crippen molar-refractivity contribution in [3.63, 3.8) is 0 Å². The maximum atomic E-state index is 13.6. The average molecular weight is 453 g/mol. The van der Waals surface area contributed by atoms with Crippen molar-refractivity contribution >= 4 is 24.0 Å². The molecule has 0 amide bonds. The molecule has 31 heavy (non-hydrogen) atoms. The predicted octanol–water partition coefficient (Wildman–Crippen LogP) is 6.33. The number of hydrogen-bond acceptors (Lipinski definition) is 3. The molecule has 1 saturated carbocycles. The summed E-state index contributed by atoms with van der Waals surface area (Å²) >= 11 is 6.09. The second-order valence-electron chi connectivity index (χ2n) is 7.88. The SMILES string of the molecule is CNCc1ncc(/C=C/C(c2cc(C)c(Cl)c(C)c2)C(F)(F)F)cc1C.O=CC1CC1. The van der Waals surface area contributed by atoms with Crippen LogP contribution < -0.4 is 5.32 Å². The van der Waals surface area contributed by atoms with Gasteiger partial charge in [0, 0.05) is 23.7 Å². The monoisotopic (exact) mass is 452 g/mol. The molecular weight excluding hydrogens is 425 g/mol. The van der Waals surface area contributed by atoms with Crippen molar-refractivity contribution in [2.75, 3.05) is 7.05 Å². The van der Waals surface area contributed by atoms with Crippen LogP contribution in [0, 0.1) is 26.7 Å². The molecule has 1 heterocycles. The van der Waals surface area contributed by atoms with E-state index in [1.165, 1.54) is 24.3 Å². The van der Waals surface area contributed by atoms with E-state index in [1.807, 2.05) is 20.0 Å². The minimum absolute atomic E-state index is 0.185. The van der Waals surface area contributed by atoms with Crippen molar-refractivity contribution in [1.29, 1.82) is 0 Å². The molecule has 1 aliphatic rings. The van der Waals surface area contributed by atoms with E-state index in [4.69, 9.17) is 11.6 Å². The number of aldehydes is 1. The molecule has 3 rings (SSSR count). The highest BCUT2D eigenvalue weighted by Gasteiger charge is 2.39. The van der Waals surface area contributed by atoms with Gasteiger partial charge in [-0.05, 0) is 74.5 Å². The number of benzene rings is 1. The maximum Gasteiger partial charge on any atom is 0.399 e. The molecule has 0 spiro atoms. The van der Waals surface area contributed by atoms with Gasteiger partial charge in [0.2, 0.25) is 0 Å². The lowest BCUT2D eigenvalue weighted by atomic mass is 9.94. The number of carbonyl (C=O) groups excluding carboxylic acids is 1. The Morgan fingerprint density at radius 1 is 1.16 bits per heavy atom. The summed E-state index contributed by atoms with van der Waals surface area (Å²) in [7, 11) is 1.82. The number of rotatable bonds is 6. The van der Waals surface area contributed by atoms with Gasteiger partial charge in [0.05, 0.1) is 11.6 Å². The number of halogens is 4. The van der Waals surface area contributed by atoms with Crippen LogP contribution in [0.1, 0.15) is 52.3 Å². The maximum absolute atomic E-state index is 13.6. The summed E-state index contributed by atoms with van der Waals surface area (Å²) in [5, 5.41) is 3.51. The van der Waals surface area contributed by atoms with Crippen LogP contribution in [0.25, 0.3) is 6.08 Å². The van der Waals surface area contributed by atoms with Crippen LogP contribution in [0.5, 0.6) is 0 Å². The number of alkyl halides is 3. The van der Waals surface area contributed by atoms with Crippen LogP contribution in [0.4, 0.5) is 13.2 Å². The molecule has 3 nitrogen and oxygen atoms in total. The minimum atomic E-state index is -4.39. The van der Waals surface area contributed by atoms with Crippen molar-refractivity contribution in [2.45, 2.75) is 52.3 Å². The summed E-state index contributed by atoms with van der Waals surface area (Å²) < 4.78 is 40.8. The minimum Gasteiger partial charge on any atom is -0.314 e. The van der Waals surface area contributed by atoms with E-state index in [9.17, 15) is 18.0 Å². The Balaban J connectivity index is 0.000000597. The summed E-state index contributed by atoms with van der Waals surface area (Å²) in [6.07, 6.45) is 3.16. The van der Waals surface area contributed by atoms with Gasteiger partial charge in [0.15, 0.2) is 0 Å². The number of aromatic nitrogens is 1. The zero-order chi connectivity index (χ0) is 23.2. The fourth-order valence-corrected chi connectivity index (χ4v) is 3.19. The number of nitrogens with one attached hydrogen (secondary N) is 1. The zero-order valence-electron chi connectivity index (χ0n) is 18.2. The van der Waals surface area contributed by atoms with Gasteiger partial charge in [-0.2, -0.15) is 13.2 Å². The number of aryl methyl sites for hydroxylation is 3. The molecule has 0 aliphatic heterocycles. The third kappa shape index (κ3) is 7.47. The molecule has 1 unspecified atom stereocenters. The van der Waals surface area contributed by atoms with Crippen molar-refractivity contribution in [2.24, 2.45) is 5.92 Å². The van der Waals surface area contributed by atoms with Gasteiger partial charge in [-0.25, -0.2) is 0 Å². The number of nitrogens with zero attached hydrogens (tertiary/aromatic N) is 1. The lowest BCUT2D eigenvalue weighted by molar-refractivity contribution is -0.139. The molecule has 1 atom stereocenters. The van der Waals surface area contributed by atoms with Crippen LogP contribution in [0.15, 0.2) is 30.5 Å². The van der Waals surface area contributed by atoms with Crippen LogP contribution >= 0.6 is 11.6 Å². The van der Waals surface area contributed by atoms with Crippen molar-refractivity contribution in [3.05, 3.63) is 69.0 Å². The highest BCUT2D eigenvalue weighted by Crippen LogP contribution is 2.38. The van der Waals surface area contributed by atoms with Gasteiger partial charge >= 0.3 is 6.18 Å². The Morgan fingerprint density at radius 2 is 1.77 bits per heavy atom. The quantitative estimate of drug-likeness (QED) is 0.520. The molecular formula is C24H28ClF3N2O. The Morgan fingerprint density at radius 3 is 2.19 bits per heavy atom. The highest BCUT2D eigenvalue weighted by atomic mass is 35.5. The van der Waals surface area contributed by atoms with E-state index in [1.54, 1.807) is 20.0 Å². The van der Waals surface area contributed by atoms with E-state index in [0.29, 0.717) is 34.2 Å². The third-order valence-corrected chi connectivity index (χ3v) is 5.61. The lowest BCUT2D eigenvalue weighted by Gasteiger charge is -2.19. The van der Waals surface area contributed by atoms with Crippen molar-refractivity contribution in [3.8, 4) is 0 Å². The Hall–Kier alpha value is -2.18. The van der Waals surface area contributed by atoms with Crippen LogP contribution in [0.2, 0.25) is 5.02 Å². The third-order valence-electron chi connectivity index (χ3n) is 5.02. The molecule has 7 heteroatoms. The van der Waals surface area contributed by atoms with Crippen molar-refractivity contribution < 1.29 is 18.0 Å². The van der Waals surface area contributed by atoms with E-state index in [-0.39, 0.29) is 5.56 Å². The first kappa shape index (κ1) is 25.1. The molecule has 0 bridgehead atoms. The summed E-state index contributed by atoms with van der Waals surface area (Å²) in [5.74, 6) is -1.25.